The van der Waals surface area contributed by atoms with E-state index in [1.165, 1.54) is 11.6 Å². The molecule has 0 spiro atoms. The zero-order valence-electron chi connectivity index (χ0n) is 11.2. The molecule has 2 aromatic rings. The highest BCUT2D eigenvalue weighted by Crippen LogP contribution is 2.37. The van der Waals surface area contributed by atoms with E-state index in [2.05, 4.69) is 5.32 Å². The average molecular weight is 290 g/mol. The molecule has 20 heavy (non-hydrogen) atoms. The molecule has 1 aliphatic carbocycles. The summed E-state index contributed by atoms with van der Waals surface area (Å²) in [6.45, 7) is 0.859. The van der Waals surface area contributed by atoms with Gasteiger partial charge in [-0.15, -0.1) is 0 Å². The first-order valence-electron chi connectivity index (χ1n) is 6.94. The Bertz CT molecular complexity index is 576. The van der Waals surface area contributed by atoms with Crippen LogP contribution in [-0.4, -0.2) is 6.04 Å². The lowest BCUT2D eigenvalue weighted by atomic mass is 9.76. The second kappa shape index (κ2) is 5.94. The van der Waals surface area contributed by atoms with E-state index in [1.807, 2.05) is 30.3 Å². The van der Waals surface area contributed by atoms with Crippen molar-refractivity contribution in [2.24, 2.45) is 0 Å². The molecule has 0 bridgehead atoms. The van der Waals surface area contributed by atoms with Crippen LogP contribution in [0.4, 0.5) is 4.39 Å². The maximum absolute atomic E-state index is 13.2. The minimum absolute atomic E-state index is 0.139. The molecule has 0 radical (unpaired) electrons. The molecule has 2 aromatic carbocycles. The summed E-state index contributed by atoms with van der Waals surface area (Å²) in [7, 11) is 0. The third-order valence-corrected chi connectivity index (χ3v) is 4.22. The maximum Gasteiger partial charge on any atom is 0.123 e. The smallest absolute Gasteiger partial charge is 0.123 e. The van der Waals surface area contributed by atoms with Gasteiger partial charge < -0.3 is 5.32 Å². The topological polar surface area (TPSA) is 12.0 Å². The first-order valence-corrected chi connectivity index (χ1v) is 7.32. The van der Waals surface area contributed by atoms with Gasteiger partial charge in [-0.25, -0.2) is 4.39 Å². The number of halogens is 2. The molecule has 0 saturated heterocycles. The molecule has 3 rings (SSSR count). The van der Waals surface area contributed by atoms with Gasteiger partial charge in [0.1, 0.15) is 5.82 Å². The standard InChI is InChI=1S/C17H17ClFN/c18-15-6-4-12(5-7-15)11-20-17-9-14(10-17)13-2-1-3-16(19)8-13/h1-8,14,17,20H,9-11H2. The monoisotopic (exact) mass is 289 g/mol. The molecule has 0 aromatic heterocycles. The zero-order chi connectivity index (χ0) is 13.9. The Morgan fingerprint density at radius 2 is 1.85 bits per heavy atom. The van der Waals surface area contributed by atoms with Crippen LogP contribution in [0.5, 0.6) is 0 Å². The highest BCUT2D eigenvalue weighted by Gasteiger charge is 2.29. The second-order valence-electron chi connectivity index (χ2n) is 5.43. The molecule has 1 N–H and O–H groups in total. The van der Waals surface area contributed by atoms with Gasteiger partial charge in [-0.2, -0.15) is 0 Å². The molecule has 104 valence electrons. The van der Waals surface area contributed by atoms with Crippen molar-refractivity contribution in [2.45, 2.75) is 31.3 Å². The fourth-order valence-corrected chi connectivity index (χ4v) is 2.81. The number of hydrogen-bond donors (Lipinski definition) is 1. The van der Waals surface area contributed by atoms with Crippen molar-refractivity contribution < 1.29 is 4.39 Å². The zero-order valence-corrected chi connectivity index (χ0v) is 11.9. The van der Waals surface area contributed by atoms with E-state index in [-0.39, 0.29) is 5.82 Å². The average Bonchev–Trinajstić information content (AvgIpc) is 2.39. The summed E-state index contributed by atoms with van der Waals surface area (Å²) < 4.78 is 13.2. The van der Waals surface area contributed by atoms with E-state index >= 15 is 0 Å². The van der Waals surface area contributed by atoms with Crippen molar-refractivity contribution >= 4 is 11.6 Å². The quantitative estimate of drug-likeness (QED) is 0.873. The first kappa shape index (κ1) is 13.6. The van der Waals surface area contributed by atoms with Crippen LogP contribution in [-0.2, 0) is 6.54 Å². The van der Waals surface area contributed by atoms with E-state index in [4.69, 9.17) is 11.6 Å². The Labute approximate surface area is 123 Å². The van der Waals surface area contributed by atoms with Crippen molar-refractivity contribution in [1.82, 2.24) is 5.32 Å². The number of hydrogen-bond acceptors (Lipinski definition) is 1. The summed E-state index contributed by atoms with van der Waals surface area (Å²) in [5.74, 6) is 0.355. The van der Waals surface area contributed by atoms with Gasteiger partial charge in [0.2, 0.25) is 0 Å². The minimum atomic E-state index is -0.139. The molecule has 1 saturated carbocycles. The Hall–Kier alpha value is -1.38. The molecule has 0 aliphatic heterocycles. The predicted molar refractivity (Wildman–Crippen MR) is 80.5 cm³/mol. The number of nitrogens with one attached hydrogen (secondary N) is 1. The van der Waals surface area contributed by atoms with Crippen molar-refractivity contribution in [3.05, 3.63) is 70.5 Å². The maximum atomic E-state index is 13.2. The number of rotatable bonds is 4. The highest BCUT2D eigenvalue weighted by molar-refractivity contribution is 6.30. The molecule has 1 fully saturated rings. The fraction of sp³-hybridized carbons (Fsp3) is 0.294. The molecular formula is C17H17ClFN. The molecule has 0 heterocycles. The molecule has 0 amide bonds. The summed E-state index contributed by atoms with van der Waals surface area (Å²) >= 11 is 5.86. The van der Waals surface area contributed by atoms with Gasteiger partial charge >= 0.3 is 0 Å². The molecule has 1 aliphatic rings. The van der Waals surface area contributed by atoms with Gasteiger partial charge in [-0.3, -0.25) is 0 Å². The molecule has 1 nitrogen and oxygen atoms in total. The van der Waals surface area contributed by atoms with Gasteiger partial charge in [-0.1, -0.05) is 35.9 Å². The van der Waals surface area contributed by atoms with Crippen LogP contribution in [0.3, 0.4) is 0 Å². The Morgan fingerprint density at radius 1 is 1.10 bits per heavy atom. The Morgan fingerprint density at radius 3 is 2.55 bits per heavy atom. The van der Waals surface area contributed by atoms with E-state index in [9.17, 15) is 4.39 Å². The third-order valence-electron chi connectivity index (χ3n) is 3.97. The van der Waals surface area contributed by atoms with Crippen LogP contribution in [0.25, 0.3) is 0 Å². The van der Waals surface area contributed by atoms with Crippen molar-refractivity contribution in [2.75, 3.05) is 0 Å². The van der Waals surface area contributed by atoms with Crippen molar-refractivity contribution in [3.63, 3.8) is 0 Å². The second-order valence-corrected chi connectivity index (χ2v) is 5.86. The largest absolute Gasteiger partial charge is 0.310 e. The highest BCUT2D eigenvalue weighted by atomic mass is 35.5. The van der Waals surface area contributed by atoms with Gasteiger partial charge in [0, 0.05) is 17.6 Å². The van der Waals surface area contributed by atoms with Crippen LogP contribution < -0.4 is 5.32 Å². The lowest BCUT2D eigenvalue weighted by Gasteiger charge is -2.36. The van der Waals surface area contributed by atoms with Crippen molar-refractivity contribution in [1.29, 1.82) is 0 Å². The Kier molecular flexibility index (Phi) is 4.04. The first-order chi connectivity index (χ1) is 9.70. The molecule has 3 heteroatoms. The fourth-order valence-electron chi connectivity index (χ4n) is 2.68. The lowest BCUT2D eigenvalue weighted by molar-refractivity contribution is 0.289. The summed E-state index contributed by atoms with van der Waals surface area (Å²) in [6, 6.07) is 15.4. The summed E-state index contributed by atoms with van der Waals surface area (Å²) in [4.78, 5) is 0. The van der Waals surface area contributed by atoms with E-state index in [1.54, 1.807) is 12.1 Å². The van der Waals surface area contributed by atoms with Crippen molar-refractivity contribution in [3.8, 4) is 0 Å². The molecular weight excluding hydrogens is 273 g/mol. The summed E-state index contributed by atoms with van der Waals surface area (Å²) in [5.41, 5.74) is 2.36. The van der Waals surface area contributed by atoms with Gasteiger partial charge in [0.05, 0.1) is 0 Å². The SMILES string of the molecule is Fc1cccc(C2CC(NCc3ccc(Cl)cc3)C2)c1. The van der Waals surface area contributed by atoms with E-state index < -0.39 is 0 Å². The molecule has 0 unspecified atom stereocenters. The van der Waals surface area contributed by atoms with Crippen LogP contribution >= 0.6 is 11.6 Å². The van der Waals surface area contributed by atoms with Crippen LogP contribution in [0.2, 0.25) is 5.02 Å². The number of benzene rings is 2. The predicted octanol–water partition coefficient (Wildman–Crippen LogP) is 4.51. The van der Waals surface area contributed by atoms with Gasteiger partial charge in [0.25, 0.3) is 0 Å². The normalized spacial score (nSPS) is 21.5. The molecule has 0 atom stereocenters. The third kappa shape index (κ3) is 3.20. The minimum Gasteiger partial charge on any atom is -0.310 e. The van der Waals surface area contributed by atoms with Crippen LogP contribution in [0.1, 0.15) is 29.9 Å². The van der Waals surface area contributed by atoms with Crippen LogP contribution in [0, 0.1) is 5.82 Å². The van der Waals surface area contributed by atoms with E-state index in [0.717, 1.165) is 30.0 Å². The summed E-state index contributed by atoms with van der Waals surface area (Å²) in [5, 5.41) is 4.30. The lowest BCUT2D eigenvalue weighted by Crippen LogP contribution is -2.39. The van der Waals surface area contributed by atoms with E-state index in [0.29, 0.717) is 12.0 Å². The summed E-state index contributed by atoms with van der Waals surface area (Å²) in [6.07, 6.45) is 2.16. The van der Waals surface area contributed by atoms with Gasteiger partial charge in [-0.05, 0) is 54.2 Å². The van der Waals surface area contributed by atoms with Crippen LogP contribution in [0.15, 0.2) is 48.5 Å². The Balaban J connectivity index is 1.48. The van der Waals surface area contributed by atoms with Gasteiger partial charge in [0.15, 0.2) is 0 Å².